The Kier molecular flexibility index (Phi) is 11.9. The van der Waals surface area contributed by atoms with E-state index in [4.69, 9.17) is 19.3 Å². The van der Waals surface area contributed by atoms with Crippen LogP contribution in [-0.2, 0) is 28.6 Å². The van der Waals surface area contributed by atoms with Gasteiger partial charge in [-0.25, -0.2) is 4.79 Å². The van der Waals surface area contributed by atoms with E-state index in [1.165, 1.54) is 25.8 Å². The van der Waals surface area contributed by atoms with E-state index < -0.39 is 5.97 Å². The maximum atomic E-state index is 12.9. The first-order valence-corrected chi connectivity index (χ1v) is 13.9. The van der Waals surface area contributed by atoms with Gasteiger partial charge in [0.2, 0.25) is 0 Å². The first-order chi connectivity index (χ1) is 17.8. The quantitative estimate of drug-likeness (QED) is 0.155. The molecular formula is C30H42O7. The number of ether oxygens (including phenoxy) is 3. The molecule has 3 rings (SSSR count). The van der Waals surface area contributed by atoms with E-state index in [1.54, 1.807) is 12.2 Å². The SMILES string of the molecule is CC(=O)O[C@H]1C[C@@H](OC2CCCCO2)[C@H](/C=C/C(=O)[C@@H](C)CC#CC2CC2)[C@H]1CCCC/C=C/C(=O)O. The van der Waals surface area contributed by atoms with Crippen molar-refractivity contribution >= 4 is 17.7 Å². The van der Waals surface area contributed by atoms with Crippen LogP contribution in [0.5, 0.6) is 0 Å². The summed E-state index contributed by atoms with van der Waals surface area (Å²) in [7, 11) is 0. The van der Waals surface area contributed by atoms with Gasteiger partial charge in [-0.3, -0.25) is 9.59 Å². The fourth-order valence-electron chi connectivity index (χ4n) is 5.12. The molecule has 0 amide bonds. The zero-order valence-electron chi connectivity index (χ0n) is 22.2. The van der Waals surface area contributed by atoms with Crippen molar-refractivity contribution in [2.24, 2.45) is 23.7 Å². The number of esters is 1. The Balaban J connectivity index is 1.68. The first kappa shape index (κ1) is 29.1. The number of ketones is 1. The van der Waals surface area contributed by atoms with Crippen LogP contribution in [-0.4, -0.2) is 47.9 Å². The Labute approximate surface area is 221 Å². The molecule has 204 valence electrons. The smallest absolute Gasteiger partial charge is 0.327 e. The van der Waals surface area contributed by atoms with Gasteiger partial charge in [-0.1, -0.05) is 31.4 Å². The summed E-state index contributed by atoms with van der Waals surface area (Å²) in [5, 5.41) is 8.78. The van der Waals surface area contributed by atoms with Crippen molar-refractivity contribution in [1.82, 2.24) is 0 Å². The number of unbranched alkanes of at least 4 members (excludes halogenated alkanes) is 2. The monoisotopic (exact) mass is 514 g/mol. The molecule has 0 spiro atoms. The molecule has 7 nitrogen and oxygen atoms in total. The second kappa shape index (κ2) is 15.1. The van der Waals surface area contributed by atoms with Crippen LogP contribution in [0.2, 0.25) is 0 Å². The van der Waals surface area contributed by atoms with Gasteiger partial charge >= 0.3 is 11.9 Å². The van der Waals surface area contributed by atoms with Gasteiger partial charge in [0.05, 0.1) is 6.10 Å². The van der Waals surface area contributed by atoms with E-state index in [0.29, 0.717) is 31.8 Å². The number of carbonyl (C=O) groups is 3. The molecule has 37 heavy (non-hydrogen) atoms. The van der Waals surface area contributed by atoms with Crippen LogP contribution < -0.4 is 0 Å². The van der Waals surface area contributed by atoms with Gasteiger partial charge in [-0.05, 0) is 57.4 Å². The number of rotatable bonds is 13. The maximum Gasteiger partial charge on any atom is 0.327 e. The summed E-state index contributed by atoms with van der Waals surface area (Å²) in [5.41, 5.74) is 0. The average Bonchev–Trinajstić information content (AvgIpc) is 3.63. The summed E-state index contributed by atoms with van der Waals surface area (Å²) >= 11 is 0. The second-order valence-corrected chi connectivity index (χ2v) is 10.6. The molecule has 1 aliphatic heterocycles. The molecule has 0 aromatic carbocycles. The molecule has 3 aliphatic rings. The minimum Gasteiger partial charge on any atom is -0.478 e. The second-order valence-electron chi connectivity index (χ2n) is 10.6. The van der Waals surface area contributed by atoms with E-state index >= 15 is 0 Å². The Bertz CT molecular complexity index is 885. The van der Waals surface area contributed by atoms with E-state index in [1.807, 2.05) is 13.0 Å². The minimum atomic E-state index is -0.946. The lowest BCUT2D eigenvalue weighted by atomic mass is 9.87. The third-order valence-electron chi connectivity index (χ3n) is 7.33. The van der Waals surface area contributed by atoms with Crippen LogP contribution in [0.3, 0.4) is 0 Å². The van der Waals surface area contributed by atoms with Gasteiger partial charge in [-0.15, -0.1) is 5.92 Å². The highest BCUT2D eigenvalue weighted by molar-refractivity contribution is 5.91. The molecule has 1 unspecified atom stereocenters. The van der Waals surface area contributed by atoms with Crippen molar-refractivity contribution in [1.29, 1.82) is 0 Å². The molecule has 1 heterocycles. The number of aliphatic carboxylic acids is 1. The molecular weight excluding hydrogens is 472 g/mol. The Morgan fingerprint density at radius 2 is 1.92 bits per heavy atom. The number of carboxylic acid groups (broad SMARTS) is 1. The highest BCUT2D eigenvalue weighted by Crippen LogP contribution is 2.42. The van der Waals surface area contributed by atoms with E-state index in [2.05, 4.69) is 11.8 Å². The molecule has 1 saturated heterocycles. The Morgan fingerprint density at radius 1 is 1.11 bits per heavy atom. The van der Waals surface area contributed by atoms with Gasteiger partial charge < -0.3 is 19.3 Å². The lowest BCUT2D eigenvalue weighted by molar-refractivity contribution is -0.193. The predicted octanol–water partition coefficient (Wildman–Crippen LogP) is 5.23. The van der Waals surface area contributed by atoms with Crippen LogP contribution in [0.15, 0.2) is 24.3 Å². The largest absolute Gasteiger partial charge is 0.478 e. The van der Waals surface area contributed by atoms with Crippen molar-refractivity contribution in [2.45, 2.75) is 103 Å². The molecule has 7 heteroatoms. The normalized spacial score (nSPS) is 28.6. The molecule has 0 bridgehead atoms. The predicted molar refractivity (Wildman–Crippen MR) is 139 cm³/mol. The molecule has 1 N–H and O–H groups in total. The third-order valence-corrected chi connectivity index (χ3v) is 7.33. The van der Waals surface area contributed by atoms with Crippen LogP contribution in [0.1, 0.15) is 84.5 Å². The zero-order chi connectivity index (χ0) is 26.6. The van der Waals surface area contributed by atoms with Gasteiger partial charge in [0.15, 0.2) is 12.1 Å². The number of carbonyl (C=O) groups excluding carboxylic acids is 2. The van der Waals surface area contributed by atoms with Crippen LogP contribution >= 0.6 is 0 Å². The summed E-state index contributed by atoms with van der Waals surface area (Å²) in [6.45, 7) is 4.01. The molecule has 0 aromatic rings. The molecule has 6 atom stereocenters. The summed E-state index contributed by atoms with van der Waals surface area (Å²) in [4.78, 5) is 35.5. The summed E-state index contributed by atoms with van der Waals surface area (Å²) in [5.74, 6) is 5.44. The molecule has 2 saturated carbocycles. The first-order valence-electron chi connectivity index (χ1n) is 13.9. The molecule has 0 radical (unpaired) electrons. The standard InChI is InChI=1S/C30H42O7/c1-21(10-9-11-23-15-16-23)26(32)18-17-25-24(12-5-3-4-6-13-29(33)34)27(36-22(2)31)20-28(25)37-30-14-7-8-19-35-30/h6,13,17-18,21,23-25,27-28,30H,3-5,7-8,10,12,14-16,19-20H2,1-2H3,(H,33,34)/b13-6+,18-17+/t21-,24+,25+,27-,28+,30?/m0/s1. The molecule has 2 aliphatic carbocycles. The zero-order valence-corrected chi connectivity index (χ0v) is 22.2. The molecule has 0 aromatic heterocycles. The number of allylic oxidation sites excluding steroid dienone is 2. The Hall–Kier alpha value is -2.43. The Morgan fingerprint density at radius 3 is 2.59 bits per heavy atom. The minimum absolute atomic E-state index is 0.00922. The number of hydrogen-bond acceptors (Lipinski definition) is 6. The van der Waals surface area contributed by atoms with E-state index in [-0.39, 0.29) is 48.0 Å². The lowest BCUT2D eigenvalue weighted by Crippen LogP contribution is -2.30. The van der Waals surface area contributed by atoms with Crippen molar-refractivity contribution < 1.29 is 33.7 Å². The van der Waals surface area contributed by atoms with Crippen LogP contribution in [0.25, 0.3) is 0 Å². The van der Waals surface area contributed by atoms with Crippen molar-refractivity contribution in [2.75, 3.05) is 6.61 Å². The van der Waals surface area contributed by atoms with Crippen LogP contribution in [0.4, 0.5) is 0 Å². The van der Waals surface area contributed by atoms with E-state index in [9.17, 15) is 14.4 Å². The topological polar surface area (TPSA) is 99.1 Å². The average molecular weight is 515 g/mol. The summed E-state index contributed by atoms with van der Waals surface area (Å²) in [6, 6.07) is 0. The van der Waals surface area contributed by atoms with Crippen LogP contribution in [0, 0.1) is 35.5 Å². The van der Waals surface area contributed by atoms with Gasteiger partial charge in [0.25, 0.3) is 0 Å². The maximum absolute atomic E-state index is 12.9. The number of hydrogen-bond donors (Lipinski definition) is 1. The van der Waals surface area contributed by atoms with E-state index in [0.717, 1.165) is 38.5 Å². The van der Waals surface area contributed by atoms with Crippen molar-refractivity contribution in [3.05, 3.63) is 24.3 Å². The van der Waals surface area contributed by atoms with Crippen molar-refractivity contribution in [3.8, 4) is 11.8 Å². The lowest BCUT2D eigenvalue weighted by Gasteiger charge is -2.29. The highest BCUT2D eigenvalue weighted by atomic mass is 16.7. The fraction of sp³-hybridized carbons (Fsp3) is 0.700. The number of carboxylic acids is 1. The highest BCUT2D eigenvalue weighted by Gasteiger charge is 2.45. The third kappa shape index (κ3) is 10.5. The van der Waals surface area contributed by atoms with Gasteiger partial charge in [-0.2, -0.15) is 0 Å². The van der Waals surface area contributed by atoms with Crippen molar-refractivity contribution in [3.63, 3.8) is 0 Å². The fourth-order valence-corrected chi connectivity index (χ4v) is 5.12. The molecule has 3 fully saturated rings. The summed E-state index contributed by atoms with van der Waals surface area (Å²) in [6.07, 6.45) is 15.2. The van der Waals surface area contributed by atoms with Gasteiger partial charge in [0, 0.05) is 56.1 Å². The summed E-state index contributed by atoms with van der Waals surface area (Å²) < 4.78 is 17.9. The van der Waals surface area contributed by atoms with Gasteiger partial charge in [0.1, 0.15) is 6.10 Å².